The van der Waals surface area contributed by atoms with E-state index in [0.717, 1.165) is 33.9 Å². The predicted molar refractivity (Wildman–Crippen MR) is 148 cm³/mol. The van der Waals surface area contributed by atoms with Crippen molar-refractivity contribution in [1.29, 1.82) is 0 Å². The van der Waals surface area contributed by atoms with Crippen LogP contribution < -0.4 is 4.90 Å². The van der Waals surface area contributed by atoms with Gasteiger partial charge in [-0.25, -0.2) is 9.88 Å². The minimum Gasteiger partial charge on any atom is -0.459 e. The van der Waals surface area contributed by atoms with Crippen LogP contribution in [0.4, 0.5) is 5.69 Å². The smallest absolute Gasteiger partial charge is 0.290 e. The van der Waals surface area contributed by atoms with E-state index >= 15 is 0 Å². The highest BCUT2D eigenvalue weighted by Gasteiger charge is 2.45. The van der Waals surface area contributed by atoms with Crippen molar-refractivity contribution in [2.24, 2.45) is 0 Å². The Morgan fingerprint density at radius 1 is 1.10 bits per heavy atom. The summed E-state index contributed by atoms with van der Waals surface area (Å²) in [6, 6.07) is 15.7. The highest BCUT2D eigenvalue weighted by Crippen LogP contribution is 2.33. The molecule has 4 heterocycles. The maximum atomic E-state index is 13.6. The molecule has 2 aliphatic rings. The molecule has 0 spiro atoms. The first-order valence-electron chi connectivity index (χ1n) is 13.0. The van der Waals surface area contributed by atoms with Crippen LogP contribution in [0, 0.1) is 6.92 Å². The van der Waals surface area contributed by atoms with Crippen molar-refractivity contribution < 1.29 is 23.5 Å². The highest BCUT2D eigenvalue weighted by molar-refractivity contribution is 7.21. The second kappa shape index (κ2) is 10.7. The van der Waals surface area contributed by atoms with E-state index < -0.39 is 17.9 Å². The number of morpholine rings is 1. The van der Waals surface area contributed by atoms with Crippen molar-refractivity contribution in [3.05, 3.63) is 72.2 Å². The molecule has 2 aromatic carbocycles. The lowest BCUT2D eigenvalue weighted by atomic mass is 10.2. The first-order chi connectivity index (χ1) is 19.0. The monoisotopic (exact) mass is 544 g/mol. The number of ether oxygens (including phenoxy) is 1. The zero-order valence-electron chi connectivity index (χ0n) is 21.5. The minimum atomic E-state index is -0.900. The average Bonchev–Trinajstić information content (AvgIpc) is 3.69. The number of imide groups is 1. The summed E-state index contributed by atoms with van der Waals surface area (Å²) < 4.78 is 11.9. The largest absolute Gasteiger partial charge is 0.459 e. The minimum absolute atomic E-state index is 0.0760. The van der Waals surface area contributed by atoms with E-state index in [-0.39, 0.29) is 18.1 Å². The first-order valence-corrected chi connectivity index (χ1v) is 13.8. The number of aryl methyl sites for hydroxylation is 1. The van der Waals surface area contributed by atoms with Gasteiger partial charge < -0.3 is 14.1 Å². The van der Waals surface area contributed by atoms with E-state index in [9.17, 15) is 14.4 Å². The molecule has 2 fully saturated rings. The molecule has 0 saturated carbocycles. The van der Waals surface area contributed by atoms with E-state index in [0.29, 0.717) is 32.0 Å². The molecule has 39 heavy (non-hydrogen) atoms. The lowest BCUT2D eigenvalue weighted by molar-refractivity contribution is -0.122. The van der Waals surface area contributed by atoms with Crippen LogP contribution in [0.25, 0.3) is 20.8 Å². The van der Waals surface area contributed by atoms with Crippen LogP contribution >= 0.6 is 11.3 Å². The summed E-state index contributed by atoms with van der Waals surface area (Å²) in [6.45, 7) is 5.70. The van der Waals surface area contributed by atoms with Crippen LogP contribution in [0.5, 0.6) is 0 Å². The molecule has 10 heteroatoms. The van der Waals surface area contributed by atoms with E-state index in [1.807, 2.05) is 24.3 Å². The standard InChI is InChI=1S/C29H28N4O5S/c1-19-4-9-22-25(17-19)39-27(30-22)20-5-7-21(8-6-20)33-26(34)18-23(28(33)35)32(29(36)24-3-2-14-38-24)11-10-31-12-15-37-16-13-31/h2-9,14,17,23H,10-13,15-16,18H2,1H3. The van der Waals surface area contributed by atoms with Crippen molar-refractivity contribution in [2.45, 2.75) is 19.4 Å². The van der Waals surface area contributed by atoms with Gasteiger partial charge in [-0.2, -0.15) is 0 Å². The number of anilines is 1. The first kappa shape index (κ1) is 25.4. The molecule has 9 nitrogen and oxygen atoms in total. The van der Waals surface area contributed by atoms with Gasteiger partial charge >= 0.3 is 0 Å². The molecule has 0 bridgehead atoms. The van der Waals surface area contributed by atoms with Gasteiger partial charge in [-0.15, -0.1) is 11.3 Å². The summed E-state index contributed by atoms with van der Waals surface area (Å²) in [4.78, 5) is 49.7. The molecule has 200 valence electrons. The topological polar surface area (TPSA) is 96.2 Å². The molecule has 0 radical (unpaired) electrons. The Balaban J connectivity index is 1.22. The fraction of sp³-hybridized carbons (Fsp3) is 0.310. The Bertz CT molecular complexity index is 1510. The molecule has 1 atom stereocenters. The van der Waals surface area contributed by atoms with Gasteiger partial charge in [-0.3, -0.25) is 19.3 Å². The summed E-state index contributed by atoms with van der Waals surface area (Å²) in [6.07, 6.45) is 1.35. The second-order valence-electron chi connectivity index (χ2n) is 9.75. The van der Waals surface area contributed by atoms with Gasteiger partial charge in [0.2, 0.25) is 5.91 Å². The number of carbonyl (C=O) groups is 3. The zero-order chi connectivity index (χ0) is 26.9. The number of aromatic nitrogens is 1. The van der Waals surface area contributed by atoms with Gasteiger partial charge in [0.25, 0.3) is 11.8 Å². The number of fused-ring (bicyclic) bond motifs is 1. The molecule has 2 aliphatic heterocycles. The van der Waals surface area contributed by atoms with E-state index in [1.54, 1.807) is 35.6 Å². The number of rotatable bonds is 7. The molecule has 0 N–H and O–H groups in total. The number of hydrogen-bond donors (Lipinski definition) is 0. The molecule has 2 aromatic heterocycles. The van der Waals surface area contributed by atoms with Gasteiger partial charge in [0.05, 0.1) is 41.8 Å². The van der Waals surface area contributed by atoms with E-state index in [2.05, 4.69) is 17.9 Å². The third-order valence-electron chi connectivity index (χ3n) is 7.17. The average molecular weight is 545 g/mol. The van der Waals surface area contributed by atoms with Crippen LogP contribution in [-0.4, -0.2) is 77.9 Å². The zero-order valence-corrected chi connectivity index (χ0v) is 22.4. The number of benzene rings is 2. The predicted octanol–water partition coefficient (Wildman–Crippen LogP) is 3.97. The normalized spacial score (nSPS) is 18.3. The number of amides is 3. The lowest BCUT2D eigenvalue weighted by Gasteiger charge is -2.31. The van der Waals surface area contributed by atoms with E-state index in [1.165, 1.54) is 21.6 Å². The number of thiazole rings is 1. The molecule has 3 amide bonds. The Kier molecular flexibility index (Phi) is 6.99. The fourth-order valence-corrected chi connectivity index (χ4v) is 6.12. The van der Waals surface area contributed by atoms with Gasteiger partial charge in [0.1, 0.15) is 11.0 Å². The van der Waals surface area contributed by atoms with Crippen LogP contribution in [-0.2, 0) is 14.3 Å². The van der Waals surface area contributed by atoms with Crippen molar-refractivity contribution in [1.82, 2.24) is 14.8 Å². The molecule has 2 saturated heterocycles. The molecular formula is C29H28N4O5S. The van der Waals surface area contributed by atoms with E-state index in [4.69, 9.17) is 14.1 Å². The van der Waals surface area contributed by atoms with Crippen LogP contribution in [0.1, 0.15) is 22.5 Å². The maximum absolute atomic E-state index is 13.6. The summed E-state index contributed by atoms with van der Waals surface area (Å²) in [5.41, 5.74) is 3.51. The summed E-state index contributed by atoms with van der Waals surface area (Å²) in [7, 11) is 0. The third-order valence-corrected chi connectivity index (χ3v) is 8.24. The Hall–Kier alpha value is -3.86. The third kappa shape index (κ3) is 5.10. The van der Waals surface area contributed by atoms with Gasteiger partial charge in [-0.05, 0) is 61.0 Å². The lowest BCUT2D eigenvalue weighted by Crippen LogP contribution is -2.49. The molecule has 6 rings (SSSR count). The number of nitrogens with zero attached hydrogens (tertiary/aromatic N) is 4. The molecular weight excluding hydrogens is 516 g/mol. The number of hydrogen-bond acceptors (Lipinski definition) is 8. The molecule has 0 aliphatic carbocycles. The Labute approximate surface area is 229 Å². The second-order valence-corrected chi connectivity index (χ2v) is 10.8. The molecule has 4 aromatic rings. The highest BCUT2D eigenvalue weighted by atomic mass is 32.1. The van der Waals surface area contributed by atoms with Crippen molar-refractivity contribution in [3.63, 3.8) is 0 Å². The van der Waals surface area contributed by atoms with Gasteiger partial charge in [0.15, 0.2) is 5.76 Å². The summed E-state index contributed by atoms with van der Waals surface area (Å²) in [5.74, 6) is -1.00. The fourth-order valence-electron chi connectivity index (χ4n) is 5.05. The molecule has 1 unspecified atom stereocenters. The van der Waals surface area contributed by atoms with Crippen molar-refractivity contribution in [2.75, 3.05) is 44.3 Å². The van der Waals surface area contributed by atoms with Crippen molar-refractivity contribution in [3.8, 4) is 10.6 Å². The van der Waals surface area contributed by atoms with Crippen LogP contribution in [0.15, 0.2) is 65.3 Å². The quantitative estimate of drug-likeness (QED) is 0.325. The van der Waals surface area contributed by atoms with Gasteiger partial charge in [-0.1, -0.05) is 6.07 Å². The Morgan fingerprint density at radius 3 is 2.64 bits per heavy atom. The number of furan rings is 1. The Morgan fingerprint density at radius 2 is 1.90 bits per heavy atom. The SMILES string of the molecule is Cc1ccc2nc(-c3ccc(N4C(=O)CC(N(CCN5CCOCC5)C(=O)c5ccco5)C4=O)cc3)sc2c1. The maximum Gasteiger partial charge on any atom is 0.290 e. The van der Waals surface area contributed by atoms with Crippen LogP contribution in [0.3, 0.4) is 0 Å². The number of carbonyl (C=O) groups excluding carboxylic acids is 3. The van der Waals surface area contributed by atoms with Crippen LogP contribution in [0.2, 0.25) is 0 Å². The summed E-state index contributed by atoms with van der Waals surface area (Å²) >= 11 is 1.60. The van der Waals surface area contributed by atoms with Crippen molar-refractivity contribution >= 4 is 45.0 Å². The van der Waals surface area contributed by atoms with Gasteiger partial charge in [0, 0.05) is 31.7 Å². The summed E-state index contributed by atoms with van der Waals surface area (Å²) in [5, 5.41) is 0.873.